The second-order valence-corrected chi connectivity index (χ2v) is 10.6. The van der Waals surface area contributed by atoms with E-state index >= 15 is 0 Å². The molecule has 5 nitrogen and oxygen atoms in total. The van der Waals surface area contributed by atoms with Crippen LogP contribution in [0.3, 0.4) is 0 Å². The lowest BCUT2D eigenvalue weighted by Crippen LogP contribution is -2.42. The normalized spacial score (nSPS) is 12.3. The number of aryl methyl sites for hydroxylation is 5. The van der Waals surface area contributed by atoms with E-state index in [2.05, 4.69) is 11.4 Å². The minimum Gasteiger partial charge on any atom is -0.348 e. The molecule has 0 bridgehead atoms. The Bertz CT molecular complexity index is 1270. The van der Waals surface area contributed by atoms with Gasteiger partial charge < -0.3 is 5.32 Å². The number of hydrogen-bond acceptors (Lipinski definition) is 3. The molecule has 1 atom stereocenters. The van der Waals surface area contributed by atoms with Crippen molar-refractivity contribution in [2.45, 2.75) is 52.5 Å². The molecule has 33 heavy (non-hydrogen) atoms. The molecular weight excluding hydrogens is 432 g/mol. The van der Waals surface area contributed by atoms with Gasteiger partial charge in [0.2, 0.25) is 5.91 Å². The molecule has 3 aromatic rings. The Morgan fingerprint density at radius 3 is 2.03 bits per heavy atom. The Balaban J connectivity index is 1.95. The summed E-state index contributed by atoms with van der Waals surface area (Å²) in [6.45, 7) is 11.3. The van der Waals surface area contributed by atoms with E-state index in [1.54, 1.807) is 24.3 Å². The third kappa shape index (κ3) is 5.63. The van der Waals surface area contributed by atoms with E-state index < -0.39 is 10.0 Å². The van der Waals surface area contributed by atoms with Gasteiger partial charge in [0.15, 0.2) is 0 Å². The highest BCUT2D eigenvalue weighted by Crippen LogP contribution is 2.28. The van der Waals surface area contributed by atoms with E-state index in [0.717, 1.165) is 33.4 Å². The van der Waals surface area contributed by atoms with Crippen molar-refractivity contribution in [3.8, 4) is 0 Å². The van der Waals surface area contributed by atoms with Crippen molar-refractivity contribution >= 4 is 21.6 Å². The molecule has 1 N–H and O–H groups in total. The Morgan fingerprint density at radius 2 is 1.39 bits per heavy atom. The fraction of sp³-hybridized carbons (Fsp3) is 0.296. The molecule has 0 saturated carbocycles. The highest BCUT2D eigenvalue weighted by Gasteiger charge is 2.29. The van der Waals surface area contributed by atoms with Crippen molar-refractivity contribution in [2.24, 2.45) is 0 Å². The van der Waals surface area contributed by atoms with Gasteiger partial charge in [0.1, 0.15) is 6.54 Å². The fourth-order valence-electron chi connectivity index (χ4n) is 3.93. The standard InChI is InChI=1S/C27H32N2O3S/c1-18-8-12-24(13-9-18)33(31,32)29(26-16-20(3)7-11-21(26)4)17-27(30)28-23(6)25-14-10-19(2)15-22(25)5/h7-16,23H,17H2,1-6H3,(H,28,30). The first-order valence-corrected chi connectivity index (χ1v) is 12.5. The van der Waals surface area contributed by atoms with Crippen LogP contribution < -0.4 is 9.62 Å². The van der Waals surface area contributed by atoms with E-state index in [-0.39, 0.29) is 23.4 Å². The first-order chi connectivity index (χ1) is 15.5. The Morgan fingerprint density at radius 1 is 0.818 bits per heavy atom. The summed E-state index contributed by atoms with van der Waals surface area (Å²) in [6.07, 6.45) is 0. The minimum atomic E-state index is -3.95. The van der Waals surface area contributed by atoms with E-state index in [9.17, 15) is 13.2 Å². The number of anilines is 1. The van der Waals surface area contributed by atoms with Crippen LogP contribution in [0.15, 0.2) is 65.6 Å². The Hall–Kier alpha value is -3.12. The quantitative estimate of drug-likeness (QED) is 0.516. The Kier molecular flexibility index (Phi) is 7.28. The lowest BCUT2D eigenvalue weighted by atomic mass is 10.0. The van der Waals surface area contributed by atoms with Gasteiger partial charge in [-0.15, -0.1) is 0 Å². The van der Waals surface area contributed by atoms with Crippen molar-refractivity contribution in [1.29, 1.82) is 0 Å². The second kappa shape index (κ2) is 9.79. The van der Waals surface area contributed by atoms with Gasteiger partial charge in [-0.3, -0.25) is 9.10 Å². The molecule has 0 saturated heterocycles. The van der Waals surface area contributed by atoms with Crippen molar-refractivity contribution < 1.29 is 13.2 Å². The average molecular weight is 465 g/mol. The molecule has 0 fully saturated rings. The summed E-state index contributed by atoms with van der Waals surface area (Å²) >= 11 is 0. The maximum absolute atomic E-state index is 13.6. The summed E-state index contributed by atoms with van der Waals surface area (Å²) in [4.78, 5) is 13.3. The second-order valence-electron chi connectivity index (χ2n) is 8.76. The third-order valence-electron chi connectivity index (χ3n) is 5.80. The molecule has 0 aliphatic carbocycles. The highest BCUT2D eigenvalue weighted by molar-refractivity contribution is 7.92. The van der Waals surface area contributed by atoms with Gasteiger partial charge in [-0.05, 0) is 82.0 Å². The molecule has 0 radical (unpaired) electrons. The molecule has 0 heterocycles. The zero-order valence-corrected chi connectivity index (χ0v) is 21.0. The molecule has 0 aliphatic rings. The van der Waals surface area contributed by atoms with Gasteiger partial charge in [0.25, 0.3) is 10.0 Å². The number of amides is 1. The first-order valence-electron chi connectivity index (χ1n) is 11.0. The number of carbonyl (C=O) groups excluding carboxylic acids is 1. The number of sulfonamides is 1. The molecule has 1 unspecified atom stereocenters. The topological polar surface area (TPSA) is 66.5 Å². The van der Waals surface area contributed by atoms with Crippen LogP contribution in [0.25, 0.3) is 0 Å². The van der Waals surface area contributed by atoms with Crippen molar-refractivity contribution in [3.05, 3.63) is 94.0 Å². The molecule has 1 amide bonds. The van der Waals surface area contributed by atoms with Crippen LogP contribution in [0.4, 0.5) is 5.69 Å². The van der Waals surface area contributed by atoms with Crippen molar-refractivity contribution in [1.82, 2.24) is 5.32 Å². The maximum Gasteiger partial charge on any atom is 0.264 e. The summed E-state index contributed by atoms with van der Waals surface area (Å²) in [5.41, 5.74) is 6.42. The predicted molar refractivity (Wildman–Crippen MR) is 134 cm³/mol. The predicted octanol–water partition coefficient (Wildman–Crippen LogP) is 5.30. The Labute approximate surface area is 197 Å². The third-order valence-corrected chi connectivity index (χ3v) is 7.57. The highest BCUT2D eigenvalue weighted by atomic mass is 32.2. The van der Waals surface area contributed by atoms with Crippen LogP contribution in [0.5, 0.6) is 0 Å². The number of hydrogen-bond donors (Lipinski definition) is 1. The molecule has 174 valence electrons. The minimum absolute atomic E-state index is 0.157. The summed E-state index contributed by atoms with van der Waals surface area (Å²) < 4.78 is 28.5. The smallest absolute Gasteiger partial charge is 0.264 e. The van der Waals surface area contributed by atoms with E-state index in [0.29, 0.717) is 5.69 Å². The van der Waals surface area contributed by atoms with Gasteiger partial charge in [-0.1, -0.05) is 53.6 Å². The van der Waals surface area contributed by atoms with Gasteiger partial charge in [-0.25, -0.2) is 8.42 Å². The van der Waals surface area contributed by atoms with Crippen LogP contribution in [0, 0.1) is 34.6 Å². The molecule has 0 aromatic heterocycles. The maximum atomic E-state index is 13.6. The zero-order valence-electron chi connectivity index (χ0n) is 20.1. The molecule has 0 aliphatic heterocycles. The lowest BCUT2D eigenvalue weighted by Gasteiger charge is -2.27. The molecular formula is C27H32N2O3S. The SMILES string of the molecule is Cc1ccc(S(=O)(=O)N(CC(=O)NC(C)c2ccc(C)cc2C)c2cc(C)ccc2C)cc1. The number of nitrogens with zero attached hydrogens (tertiary/aromatic N) is 1. The summed E-state index contributed by atoms with van der Waals surface area (Å²) in [7, 11) is -3.95. The van der Waals surface area contributed by atoms with Gasteiger partial charge in [0.05, 0.1) is 16.6 Å². The van der Waals surface area contributed by atoms with Gasteiger partial charge in [0, 0.05) is 0 Å². The fourth-order valence-corrected chi connectivity index (χ4v) is 5.41. The van der Waals surface area contributed by atoms with Crippen LogP contribution in [0.2, 0.25) is 0 Å². The van der Waals surface area contributed by atoms with Gasteiger partial charge >= 0.3 is 0 Å². The van der Waals surface area contributed by atoms with E-state index in [1.165, 1.54) is 4.31 Å². The van der Waals surface area contributed by atoms with Crippen molar-refractivity contribution in [2.75, 3.05) is 10.8 Å². The zero-order chi connectivity index (χ0) is 24.3. The van der Waals surface area contributed by atoms with E-state index in [4.69, 9.17) is 0 Å². The molecule has 3 aromatic carbocycles. The average Bonchev–Trinajstić information content (AvgIpc) is 2.74. The number of rotatable bonds is 7. The first kappa shape index (κ1) is 24.5. The van der Waals surface area contributed by atoms with Crippen LogP contribution >= 0.6 is 0 Å². The monoisotopic (exact) mass is 464 g/mol. The lowest BCUT2D eigenvalue weighted by molar-refractivity contribution is -0.120. The van der Waals surface area contributed by atoms with Gasteiger partial charge in [-0.2, -0.15) is 0 Å². The molecule has 0 spiro atoms. The summed E-state index contributed by atoms with van der Waals surface area (Å²) in [5.74, 6) is -0.362. The van der Waals surface area contributed by atoms with Crippen molar-refractivity contribution in [3.63, 3.8) is 0 Å². The summed E-state index contributed by atoms with van der Waals surface area (Å²) in [6, 6.07) is 18.1. The number of carbonyl (C=O) groups is 1. The molecule has 6 heteroatoms. The number of benzene rings is 3. The van der Waals surface area contributed by atoms with Crippen LogP contribution in [-0.4, -0.2) is 20.9 Å². The van der Waals surface area contributed by atoms with E-state index in [1.807, 2.05) is 71.9 Å². The van der Waals surface area contributed by atoms with Crippen LogP contribution in [-0.2, 0) is 14.8 Å². The largest absolute Gasteiger partial charge is 0.348 e. The summed E-state index contributed by atoms with van der Waals surface area (Å²) in [5, 5.41) is 2.98. The molecule has 3 rings (SSSR count). The van der Waals surface area contributed by atoms with Crippen LogP contribution in [0.1, 0.15) is 46.3 Å². The number of nitrogens with one attached hydrogen (secondary N) is 1.